The number of para-hydroxylation sites is 2. The van der Waals surface area contributed by atoms with Crippen LogP contribution in [0.5, 0.6) is 11.5 Å². The molecule has 2 atom stereocenters. The van der Waals surface area contributed by atoms with E-state index in [1.165, 1.54) is 0 Å². The maximum atomic E-state index is 6.10. The number of likely N-dealkylation sites (tertiary alicyclic amines) is 1. The lowest BCUT2D eigenvalue weighted by atomic mass is 10.0. The zero-order valence-corrected chi connectivity index (χ0v) is 15.4. The lowest BCUT2D eigenvalue weighted by molar-refractivity contribution is 0.0518. The first-order valence-corrected chi connectivity index (χ1v) is 9.47. The van der Waals surface area contributed by atoms with Gasteiger partial charge in [0.1, 0.15) is 12.7 Å². The first-order valence-electron chi connectivity index (χ1n) is 9.10. The molecule has 1 fully saturated rings. The van der Waals surface area contributed by atoms with Gasteiger partial charge in [0.05, 0.1) is 11.4 Å². The zero-order valence-electron chi connectivity index (χ0n) is 14.7. The maximum Gasteiger partial charge on any atom is 0.161 e. The molecule has 2 unspecified atom stereocenters. The van der Waals surface area contributed by atoms with E-state index in [9.17, 15) is 0 Å². The molecule has 2 aromatic rings. The average molecular weight is 374 g/mol. The van der Waals surface area contributed by atoms with Crippen LogP contribution < -0.4 is 20.5 Å². The molecule has 2 aliphatic heterocycles. The summed E-state index contributed by atoms with van der Waals surface area (Å²) < 4.78 is 11.9. The van der Waals surface area contributed by atoms with Crippen LogP contribution in [-0.2, 0) is 0 Å². The molecule has 2 aromatic carbocycles. The third kappa shape index (κ3) is 4.00. The third-order valence-electron chi connectivity index (χ3n) is 4.91. The topological polar surface area (TPSA) is 59.8 Å². The first-order chi connectivity index (χ1) is 12.7. The number of hydrogen-bond acceptors (Lipinski definition) is 5. The summed E-state index contributed by atoms with van der Waals surface area (Å²) in [6.07, 6.45) is 2.34. The molecule has 26 heavy (non-hydrogen) atoms. The largest absolute Gasteiger partial charge is 0.486 e. The van der Waals surface area contributed by atoms with Gasteiger partial charge in [-0.2, -0.15) is 0 Å². The Morgan fingerprint density at radius 2 is 2.04 bits per heavy atom. The molecule has 5 nitrogen and oxygen atoms in total. The lowest BCUT2D eigenvalue weighted by Gasteiger charge is -2.37. The Balaban J connectivity index is 1.34. The Kier molecular flexibility index (Phi) is 5.09. The molecule has 3 N–H and O–H groups in total. The SMILES string of the molecule is Nc1cc(Cl)ccc1NC1CCCN(CC2COc3ccccc3O2)C1. The van der Waals surface area contributed by atoms with Crippen molar-refractivity contribution in [2.45, 2.75) is 25.0 Å². The van der Waals surface area contributed by atoms with E-state index in [1.807, 2.05) is 36.4 Å². The van der Waals surface area contributed by atoms with Gasteiger partial charge in [0, 0.05) is 24.2 Å². The molecule has 0 aromatic heterocycles. The van der Waals surface area contributed by atoms with E-state index in [-0.39, 0.29) is 6.10 Å². The van der Waals surface area contributed by atoms with E-state index in [2.05, 4.69) is 10.2 Å². The molecule has 138 valence electrons. The smallest absolute Gasteiger partial charge is 0.161 e. The summed E-state index contributed by atoms with van der Waals surface area (Å²) in [5.41, 5.74) is 7.71. The predicted molar refractivity (Wildman–Crippen MR) is 105 cm³/mol. The summed E-state index contributed by atoms with van der Waals surface area (Å²) in [7, 11) is 0. The minimum atomic E-state index is 0.0595. The minimum Gasteiger partial charge on any atom is -0.486 e. The number of halogens is 1. The Hall–Kier alpha value is -2.11. The minimum absolute atomic E-state index is 0.0595. The molecule has 1 saturated heterocycles. The Morgan fingerprint density at radius 1 is 1.19 bits per heavy atom. The van der Waals surface area contributed by atoms with Crippen molar-refractivity contribution >= 4 is 23.0 Å². The highest BCUT2D eigenvalue weighted by molar-refractivity contribution is 6.31. The van der Waals surface area contributed by atoms with Crippen LogP contribution in [0.25, 0.3) is 0 Å². The van der Waals surface area contributed by atoms with Gasteiger partial charge in [-0.3, -0.25) is 4.90 Å². The number of nitrogens with one attached hydrogen (secondary N) is 1. The van der Waals surface area contributed by atoms with Gasteiger partial charge in [-0.05, 0) is 49.7 Å². The second kappa shape index (κ2) is 7.64. The highest BCUT2D eigenvalue weighted by Gasteiger charge is 2.26. The number of nitrogens with zero attached hydrogens (tertiary/aromatic N) is 1. The van der Waals surface area contributed by atoms with Crippen LogP contribution in [0.4, 0.5) is 11.4 Å². The Morgan fingerprint density at radius 3 is 2.88 bits per heavy atom. The van der Waals surface area contributed by atoms with E-state index in [4.69, 9.17) is 26.8 Å². The van der Waals surface area contributed by atoms with Crippen molar-refractivity contribution in [2.24, 2.45) is 0 Å². The molecule has 2 heterocycles. The van der Waals surface area contributed by atoms with E-state index in [1.54, 1.807) is 6.07 Å². The maximum absolute atomic E-state index is 6.10. The standard InChI is InChI=1S/C20H24ClN3O2/c21-14-7-8-18(17(22)10-14)23-15-4-3-9-24(11-15)12-16-13-25-19-5-1-2-6-20(19)26-16/h1-2,5-8,10,15-16,23H,3-4,9,11-13,22H2. The van der Waals surface area contributed by atoms with Crippen molar-refractivity contribution in [1.29, 1.82) is 0 Å². The van der Waals surface area contributed by atoms with E-state index in [0.717, 1.165) is 49.7 Å². The fraction of sp³-hybridized carbons (Fsp3) is 0.400. The lowest BCUT2D eigenvalue weighted by Crippen LogP contribution is -2.48. The van der Waals surface area contributed by atoms with E-state index in [0.29, 0.717) is 23.4 Å². The van der Waals surface area contributed by atoms with Gasteiger partial charge in [0.2, 0.25) is 0 Å². The fourth-order valence-electron chi connectivity index (χ4n) is 3.67. The summed E-state index contributed by atoms with van der Waals surface area (Å²) in [5, 5.41) is 4.22. The number of ether oxygens (including phenoxy) is 2. The van der Waals surface area contributed by atoms with Crippen molar-refractivity contribution < 1.29 is 9.47 Å². The number of nitrogen functional groups attached to an aromatic ring is 1. The molecule has 0 radical (unpaired) electrons. The van der Waals surface area contributed by atoms with Gasteiger partial charge in [-0.15, -0.1) is 0 Å². The molecular formula is C20H24ClN3O2. The number of anilines is 2. The van der Waals surface area contributed by atoms with Crippen LogP contribution in [0.2, 0.25) is 5.02 Å². The van der Waals surface area contributed by atoms with Crippen LogP contribution in [0.1, 0.15) is 12.8 Å². The van der Waals surface area contributed by atoms with Gasteiger partial charge in [0.15, 0.2) is 11.5 Å². The summed E-state index contributed by atoms with van der Waals surface area (Å²) >= 11 is 5.99. The fourth-order valence-corrected chi connectivity index (χ4v) is 3.85. The third-order valence-corrected chi connectivity index (χ3v) is 5.14. The number of rotatable bonds is 4. The van der Waals surface area contributed by atoms with Crippen LogP contribution in [-0.4, -0.2) is 43.3 Å². The van der Waals surface area contributed by atoms with Crippen molar-refractivity contribution in [2.75, 3.05) is 37.3 Å². The normalized spacial score (nSPS) is 22.8. The van der Waals surface area contributed by atoms with Gasteiger partial charge < -0.3 is 20.5 Å². The number of nitrogens with two attached hydrogens (primary N) is 1. The second-order valence-corrected chi connectivity index (χ2v) is 7.41. The highest BCUT2D eigenvalue weighted by atomic mass is 35.5. The van der Waals surface area contributed by atoms with E-state index < -0.39 is 0 Å². The second-order valence-electron chi connectivity index (χ2n) is 6.97. The molecule has 0 spiro atoms. The number of fused-ring (bicyclic) bond motifs is 1. The first kappa shape index (κ1) is 17.3. The van der Waals surface area contributed by atoms with Gasteiger partial charge in [0.25, 0.3) is 0 Å². The zero-order chi connectivity index (χ0) is 17.9. The highest BCUT2D eigenvalue weighted by Crippen LogP contribution is 2.31. The average Bonchev–Trinajstić information content (AvgIpc) is 2.64. The van der Waals surface area contributed by atoms with Crippen LogP contribution in [0, 0.1) is 0 Å². The van der Waals surface area contributed by atoms with Crippen molar-refractivity contribution in [3.05, 3.63) is 47.5 Å². The monoisotopic (exact) mass is 373 g/mol. The van der Waals surface area contributed by atoms with Gasteiger partial charge >= 0.3 is 0 Å². The van der Waals surface area contributed by atoms with Gasteiger partial charge in [-0.1, -0.05) is 23.7 Å². The van der Waals surface area contributed by atoms with Crippen molar-refractivity contribution in [3.8, 4) is 11.5 Å². The van der Waals surface area contributed by atoms with Gasteiger partial charge in [-0.25, -0.2) is 0 Å². The number of benzene rings is 2. The molecule has 0 aliphatic carbocycles. The van der Waals surface area contributed by atoms with Crippen molar-refractivity contribution in [3.63, 3.8) is 0 Å². The predicted octanol–water partition coefficient (Wildman–Crippen LogP) is 3.64. The molecule has 2 aliphatic rings. The summed E-state index contributed by atoms with van der Waals surface area (Å²) in [6, 6.07) is 13.8. The van der Waals surface area contributed by atoms with Crippen LogP contribution >= 0.6 is 11.6 Å². The summed E-state index contributed by atoms with van der Waals surface area (Å²) in [4.78, 5) is 2.44. The molecule has 0 bridgehead atoms. The molecule has 4 rings (SSSR count). The Labute approximate surface area is 159 Å². The molecule has 0 amide bonds. The summed E-state index contributed by atoms with van der Waals surface area (Å²) in [6.45, 7) is 3.50. The number of hydrogen-bond donors (Lipinski definition) is 2. The number of piperidine rings is 1. The molecule has 6 heteroatoms. The Bertz CT molecular complexity index is 770. The van der Waals surface area contributed by atoms with Crippen LogP contribution in [0.15, 0.2) is 42.5 Å². The van der Waals surface area contributed by atoms with Crippen molar-refractivity contribution in [1.82, 2.24) is 4.90 Å². The quantitative estimate of drug-likeness (QED) is 0.801. The summed E-state index contributed by atoms with van der Waals surface area (Å²) in [5.74, 6) is 1.67. The molecular weight excluding hydrogens is 350 g/mol. The molecule has 0 saturated carbocycles. The van der Waals surface area contributed by atoms with E-state index >= 15 is 0 Å². The van der Waals surface area contributed by atoms with Crippen LogP contribution in [0.3, 0.4) is 0 Å².